The molecule has 1 aromatic rings. The molecular weight excluding hydrogens is 314 g/mol. The van der Waals surface area contributed by atoms with Crippen LogP contribution in [0, 0.1) is 17.8 Å². The second-order valence-electron chi connectivity index (χ2n) is 6.54. The summed E-state index contributed by atoms with van der Waals surface area (Å²) in [5.41, 5.74) is 6.95. The van der Waals surface area contributed by atoms with Gasteiger partial charge in [-0.05, 0) is 49.3 Å². The van der Waals surface area contributed by atoms with E-state index in [0.717, 1.165) is 19.3 Å². The highest BCUT2D eigenvalue weighted by Crippen LogP contribution is 2.38. The van der Waals surface area contributed by atoms with E-state index >= 15 is 0 Å². The van der Waals surface area contributed by atoms with Gasteiger partial charge in [-0.15, -0.1) is 12.4 Å². The SMILES string of the molecule is CC1CC1C(=O)Nc1cccc(C(=O)NC(CN)C2CC2)c1.Cl. The molecule has 0 aromatic heterocycles. The Labute approximate surface area is 142 Å². The number of hydrogen-bond acceptors (Lipinski definition) is 3. The van der Waals surface area contributed by atoms with E-state index in [-0.39, 0.29) is 36.2 Å². The van der Waals surface area contributed by atoms with Gasteiger partial charge < -0.3 is 16.4 Å². The number of nitrogens with one attached hydrogen (secondary N) is 2. The number of hydrogen-bond donors (Lipinski definition) is 3. The standard InChI is InChI=1S/C17H23N3O2.ClH/c1-10-7-14(10)17(22)19-13-4-2-3-12(8-13)16(21)20-15(9-18)11-5-6-11;/h2-4,8,10-11,14-15H,5-7,9,18H2,1H3,(H,19,22)(H,20,21);1H. The minimum atomic E-state index is -0.127. The van der Waals surface area contributed by atoms with Crippen molar-refractivity contribution in [3.8, 4) is 0 Å². The highest BCUT2D eigenvalue weighted by Gasteiger charge is 2.39. The van der Waals surface area contributed by atoms with Gasteiger partial charge in [0, 0.05) is 29.8 Å². The highest BCUT2D eigenvalue weighted by atomic mass is 35.5. The lowest BCUT2D eigenvalue weighted by Crippen LogP contribution is -2.41. The molecule has 0 bridgehead atoms. The fourth-order valence-corrected chi connectivity index (χ4v) is 2.78. The Morgan fingerprint density at radius 3 is 2.61 bits per heavy atom. The summed E-state index contributed by atoms with van der Waals surface area (Å²) < 4.78 is 0. The molecule has 3 atom stereocenters. The van der Waals surface area contributed by atoms with Crippen molar-refractivity contribution >= 4 is 29.9 Å². The lowest BCUT2D eigenvalue weighted by atomic mass is 10.1. The van der Waals surface area contributed by atoms with Gasteiger partial charge in [-0.1, -0.05) is 13.0 Å². The predicted molar refractivity (Wildman–Crippen MR) is 92.6 cm³/mol. The van der Waals surface area contributed by atoms with Crippen molar-refractivity contribution in [2.45, 2.75) is 32.2 Å². The van der Waals surface area contributed by atoms with E-state index in [4.69, 9.17) is 5.73 Å². The molecule has 3 unspecified atom stereocenters. The summed E-state index contributed by atoms with van der Waals surface area (Å²) in [6, 6.07) is 7.13. The van der Waals surface area contributed by atoms with Crippen LogP contribution in [0.4, 0.5) is 5.69 Å². The minimum Gasteiger partial charge on any atom is -0.348 e. The van der Waals surface area contributed by atoms with Crippen molar-refractivity contribution in [1.82, 2.24) is 5.32 Å². The molecule has 2 amide bonds. The smallest absolute Gasteiger partial charge is 0.251 e. The van der Waals surface area contributed by atoms with Crippen molar-refractivity contribution in [1.29, 1.82) is 0 Å². The number of carbonyl (C=O) groups is 2. The predicted octanol–water partition coefficient (Wildman–Crippen LogP) is 2.17. The molecule has 2 saturated carbocycles. The lowest BCUT2D eigenvalue weighted by Gasteiger charge is -2.16. The van der Waals surface area contributed by atoms with E-state index in [9.17, 15) is 9.59 Å². The Morgan fingerprint density at radius 1 is 1.35 bits per heavy atom. The maximum atomic E-state index is 12.3. The molecule has 0 radical (unpaired) electrons. The zero-order chi connectivity index (χ0) is 15.7. The second kappa shape index (κ2) is 7.32. The maximum absolute atomic E-state index is 12.3. The van der Waals surface area contributed by atoms with Crippen molar-refractivity contribution in [3.05, 3.63) is 29.8 Å². The van der Waals surface area contributed by atoms with E-state index in [1.54, 1.807) is 18.2 Å². The van der Waals surface area contributed by atoms with Crippen LogP contribution in [0.5, 0.6) is 0 Å². The van der Waals surface area contributed by atoms with E-state index in [1.165, 1.54) is 0 Å². The van der Waals surface area contributed by atoms with Gasteiger partial charge in [0.1, 0.15) is 0 Å². The van der Waals surface area contributed by atoms with E-state index in [0.29, 0.717) is 29.6 Å². The first-order valence-corrected chi connectivity index (χ1v) is 8.00. The third kappa shape index (κ3) is 4.45. The Balaban J connectivity index is 0.00000192. The Bertz CT molecular complexity index is 589. The van der Waals surface area contributed by atoms with Gasteiger partial charge in [0.2, 0.25) is 5.91 Å². The molecule has 23 heavy (non-hydrogen) atoms. The molecule has 2 aliphatic rings. The number of rotatable bonds is 6. The van der Waals surface area contributed by atoms with Gasteiger partial charge in [-0.25, -0.2) is 0 Å². The number of amides is 2. The molecule has 126 valence electrons. The van der Waals surface area contributed by atoms with Gasteiger partial charge in [-0.2, -0.15) is 0 Å². The van der Waals surface area contributed by atoms with Gasteiger partial charge in [0.05, 0.1) is 0 Å². The van der Waals surface area contributed by atoms with Crippen molar-refractivity contribution in [2.24, 2.45) is 23.5 Å². The normalized spacial score (nSPS) is 23.4. The van der Waals surface area contributed by atoms with Crippen LogP contribution < -0.4 is 16.4 Å². The summed E-state index contributed by atoms with van der Waals surface area (Å²) in [6.07, 6.45) is 3.22. The Hall–Kier alpha value is -1.59. The Kier molecular flexibility index (Phi) is 5.65. The fourth-order valence-electron chi connectivity index (χ4n) is 2.78. The number of benzene rings is 1. The Morgan fingerprint density at radius 2 is 2.04 bits per heavy atom. The quantitative estimate of drug-likeness (QED) is 0.743. The molecule has 2 aliphatic carbocycles. The largest absolute Gasteiger partial charge is 0.348 e. The number of nitrogens with two attached hydrogens (primary N) is 1. The topological polar surface area (TPSA) is 84.2 Å². The molecule has 0 saturated heterocycles. The van der Waals surface area contributed by atoms with Crippen LogP contribution in [0.25, 0.3) is 0 Å². The number of anilines is 1. The zero-order valence-corrected chi connectivity index (χ0v) is 14.1. The van der Waals surface area contributed by atoms with E-state index in [1.807, 2.05) is 6.07 Å². The van der Waals surface area contributed by atoms with Crippen molar-refractivity contribution in [2.75, 3.05) is 11.9 Å². The molecule has 6 heteroatoms. The molecule has 2 fully saturated rings. The first-order valence-electron chi connectivity index (χ1n) is 8.00. The van der Waals surface area contributed by atoms with Crippen LogP contribution in [0.3, 0.4) is 0 Å². The third-order valence-corrected chi connectivity index (χ3v) is 4.60. The maximum Gasteiger partial charge on any atom is 0.251 e. The molecule has 0 heterocycles. The lowest BCUT2D eigenvalue weighted by molar-refractivity contribution is -0.117. The first-order chi connectivity index (χ1) is 10.6. The number of carbonyl (C=O) groups excluding carboxylic acids is 2. The van der Waals surface area contributed by atoms with E-state index < -0.39 is 0 Å². The van der Waals surface area contributed by atoms with Gasteiger partial charge >= 0.3 is 0 Å². The summed E-state index contributed by atoms with van der Waals surface area (Å²) >= 11 is 0. The van der Waals surface area contributed by atoms with Crippen LogP contribution in [0.1, 0.15) is 36.5 Å². The van der Waals surface area contributed by atoms with Crippen molar-refractivity contribution < 1.29 is 9.59 Å². The molecule has 4 N–H and O–H groups in total. The number of halogens is 1. The van der Waals surface area contributed by atoms with Gasteiger partial charge in [0.25, 0.3) is 5.91 Å². The summed E-state index contributed by atoms with van der Waals surface area (Å²) in [5.74, 6) is 1.03. The molecule has 5 nitrogen and oxygen atoms in total. The second-order valence-corrected chi connectivity index (χ2v) is 6.54. The fraction of sp³-hybridized carbons (Fsp3) is 0.529. The van der Waals surface area contributed by atoms with Gasteiger partial charge in [0.15, 0.2) is 0 Å². The van der Waals surface area contributed by atoms with Crippen LogP contribution >= 0.6 is 12.4 Å². The van der Waals surface area contributed by atoms with Crippen LogP contribution in [-0.2, 0) is 4.79 Å². The first kappa shape index (κ1) is 17.8. The average Bonchev–Trinajstić information content (AvgIpc) is 3.40. The zero-order valence-electron chi connectivity index (χ0n) is 13.2. The molecular formula is C17H24ClN3O2. The summed E-state index contributed by atoms with van der Waals surface area (Å²) in [5, 5.41) is 5.88. The molecule has 1 aromatic carbocycles. The monoisotopic (exact) mass is 337 g/mol. The third-order valence-electron chi connectivity index (χ3n) is 4.60. The van der Waals surface area contributed by atoms with E-state index in [2.05, 4.69) is 17.6 Å². The summed E-state index contributed by atoms with van der Waals surface area (Å²) in [4.78, 5) is 24.3. The van der Waals surface area contributed by atoms with Gasteiger partial charge in [-0.3, -0.25) is 9.59 Å². The molecule has 0 spiro atoms. The van der Waals surface area contributed by atoms with Crippen LogP contribution in [-0.4, -0.2) is 24.4 Å². The van der Waals surface area contributed by atoms with Crippen LogP contribution in [0.15, 0.2) is 24.3 Å². The molecule has 3 rings (SSSR count). The summed E-state index contributed by atoms with van der Waals surface area (Å²) in [7, 11) is 0. The minimum absolute atomic E-state index is 0. The summed E-state index contributed by atoms with van der Waals surface area (Å²) in [6.45, 7) is 2.53. The van der Waals surface area contributed by atoms with Crippen molar-refractivity contribution in [3.63, 3.8) is 0 Å². The highest BCUT2D eigenvalue weighted by molar-refractivity contribution is 5.98. The average molecular weight is 338 g/mol. The van der Waals surface area contributed by atoms with Crippen LogP contribution in [0.2, 0.25) is 0 Å². The molecule has 0 aliphatic heterocycles.